The molecule has 5 N–H and O–H groups in total. The van der Waals surface area contributed by atoms with Crippen LogP contribution in [-0.4, -0.2) is 33.7 Å². The Bertz CT molecular complexity index is 547. The van der Waals surface area contributed by atoms with Crippen molar-refractivity contribution in [2.45, 2.75) is 5.03 Å². The van der Waals surface area contributed by atoms with Gasteiger partial charge in [-0.2, -0.15) is 0 Å². The summed E-state index contributed by atoms with van der Waals surface area (Å²) in [6.07, 6.45) is 0. The number of fused-ring (bicyclic) bond motifs is 1. The van der Waals surface area contributed by atoms with Crippen LogP contribution in [0.4, 0.5) is 10.5 Å². The molecule has 9 heteroatoms. The first-order valence-electron chi connectivity index (χ1n) is 4.83. The van der Waals surface area contributed by atoms with Gasteiger partial charge in [0.2, 0.25) is 5.91 Å². The molecule has 2 heterocycles. The summed E-state index contributed by atoms with van der Waals surface area (Å²) >= 11 is 0.927. The zero-order chi connectivity index (χ0) is 13.3. The Kier molecular flexibility index (Phi) is 3.06. The van der Waals surface area contributed by atoms with E-state index in [2.05, 4.69) is 10.3 Å². The number of hydrogen-bond donors (Lipinski definition) is 3. The first kappa shape index (κ1) is 12.2. The third-order valence-electron chi connectivity index (χ3n) is 2.08. The fraction of sp³-hybridized carbons (Fsp3) is 0.111. The number of carbonyl (C=O) groups is 3. The third kappa shape index (κ3) is 2.35. The summed E-state index contributed by atoms with van der Waals surface area (Å²) < 4.78 is 1.11. The molecule has 0 fully saturated rings. The minimum absolute atomic E-state index is 0.0800. The number of hydrogen-bond acceptors (Lipinski definition) is 5. The Morgan fingerprint density at radius 3 is 2.72 bits per heavy atom. The number of primary amides is 2. The predicted octanol–water partition coefficient (Wildman–Crippen LogP) is -0.480. The SMILES string of the molecule is NC(=O)CN1Sc2nc(C(N)=O)ccc2NC1=O. The molecule has 0 saturated heterocycles. The second-order valence-electron chi connectivity index (χ2n) is 3.44. The molecule has 4 amide bonds. The normalized spacial score (nSPS) is 13.8. The van der Waals surface area contributed by atoms with Crippen molar-refractivity contribution in [1.82, 2.24) is 9.29 Å². The summed E-state index contributed by atoms with van der Waals surface area (Å²) in [7, 11) is 0. The molecule has 8 nitrogen and oxygen atoms in total. The van der Waals surface area contributed by atoms with Crippen molar-refractivity contribution in [1.29, 1.82) is 0 Å². The molecule has 1 aliphatic heterocycles. The lowest BCUT2D eigenvalue weighted by Gasteiger charge is -2.25. The Hall–Kier alpha value is -2.29. The number of nitrogens with zero attached hydrogens (tertiary/aromatic N) is 2. The summed E-state index contributed by atoms with van der Waals surface area (Å²) in [5, 5.41) is 2.91. The van der Waals surface area contributed by atoms with Gasteiger partial charge in [0.15, 0.2) is 0 Å². The molecule has 0 radical (unpaired) electrons. The van der Waals surface area contributed by atoms with E-state index >= 15 is 0 Å². The molecule has 0 spiro atoms. The van der Waals surface area contributed by atoms with Crippen LogP contribution in [0.3, 0.4) is 0 Å². The smallest absolute Gasteiger partial charge is 0.332 e. The van der Waals surface area contributed by atoms with Crippen molar-refractivity contribution in [2.75, 3.05) is 11.9 Å². The van der Waals surface area contributed by atoms with Gasteiger partial charge >= 0.3 is 6.03 Å². The number of anilines is 1. The van der Waals surface area contributed by atoms with Gasteiger partial charge in [-0.25, -0.2) is 9.78 Å². The lowest BCUT2D eigenvalue weighted by atomic mass is 10.3. The molecule has 0 aliphatic carbocycles. The van der Waals surface area contributed by atoms with Crippen LogP contribution < -0.4 is 16.8 Å². The summed E-state index contributed by atoms with van der Waals surface area (Å²) in [5.41, 5.74) is 10.7. The van der Waals surface area contributed by atoms with E-state index in [1.165, 1.54) is 12.1 Å². The van der Waals surface area contributed by atoms with Crippen LogP contribution in [-0.2, 0) is 4.79 Å². The minimum Gasteiger partial charge on any atom is -0.368 e. The van der Waals surface area contributed by atoms with Crippen molar-refractivity contribution in [3.63, 3.8) is 0 Å². The highest BCUT2D eigenvalue weighted by atomic mass is 32.2. The number of urea groups is 1. The van der Waals surface area contributed by atoms with Crippen molar-refractivity contribution in [2.24, 2.45) is 11.5 Å². The molecule has 1 aromatic heterocycles. The van der Waals surface area contributed by atoms with E-state index in [1.807, 2.05) is 0 Å². The van der Waals surface area contributed by atoms with E-state index in [4.69, 9.17) is 11.5 Å². The van der Waals surface area contributed by atoms with Gasteiger partial charge in [-0.3, -0.25) is 13.9 Å². The Balaban J connectivity index is 2.30. The highest BCUT2D eigenvalue weighted by Crippen LogP contribution is 2.33. The van der Waals surface area contributed by atoms with Gasteiger partial charge in [0.25, 0.3) is 5.91 Å². The van der Waals surface area contributed by atoms with Crippen molar-refractivity contribution >= 4 is 35.5 Å². The van der Waals surface area contributed by atoms with Crippen molar-refractivity contribution < 1.29 is 14.4 Å². The topological polar surface area (TPSA) is 131 Å². The fourth-order valence-corrected chi connectivity index (χ4v) is 2.20. The number of nitrogens with two attached hydrogens (primary N) is 2. The molecular formula is C9H9N5O3S. The lowest BCUT2D eigenvalue weighted by molar-refractivity contribution is -0.117. The highest BCUT2D eigenvalue weighted by Gasteiger charge is 2.26. The molecule has 1 aromatic rings. The summed E-state index contributed by atoms with van der Waals surface area (Å²) in [6.45, 7) is -0.252. The van der Waals surface area contributed by atoms with E-state index in [0.717, 1.165) is 16.3 Å². The van der Waals surface area contributed by atoms with E-state index in [1.54, 1.807) is 0 Å². The minimum atomic E-state index is -0.670. The van der Waals surface area contributed by atoms with E-state index in [-0.39, 0.29) is 12.2 Å². The number of amides is 4. The molecule has 1 aliphatic rings. The van der Waals surface area contributed by atoms with Crippen LogP contribution in [0.5, 0.6) is 0 Å². The van der Waals surface area contributed by atoms with Gasteiger partial charge in [0.05, 0.1) is 5.69 Å². The first-order valence-corrected chi connectivity index (χ1v) is 5.60. The third-order valence-corrected chi connectivity index (χ3v) is 3.08. The molecule has 94 valence electrons. The number of carbonyl (C=O) groups excluding carboxylic acids is 3. The zero-order valence-electron chi connectivity index (χ0n) is 9.04. The van der Waals surface area contributed by atoms with Crippen LogP contribution in [0.1, 0.15) is 10.5 Å². The van der Waals surface area contributed by atoms with E-state index in [0.29, 0.717) is 10.7 Å². The van der Waals surface area contributed by atoms with Gasteiger partial charge in [-0.15, -0.1) is 0 Å². The van der Waals surface area contributed by atoms with Gasteiger partial charge in [-0.05, 0) is 12.1 Å². The maximum absolute atomic E-state index is 11.6. The number of nitrogens with one attached hydrogen (secondary N) is 1. The summed E-state index contributed by atoms with van der Waals surface area (Å²) in [6, 6.07) is 2.46. The quantitative estimate of drug-likeness (QED) is 0.636. The molecular weight excluding hydrogens is 258 g/mol. The Morgan fingerprint density at radius 2 is 2.11 bits per heavy atom. The zero-order valence-corrected chi connectivity index (χ0v) is 9.86. The summed E-state index contributed by atoms with van der Waals surface area (Å²) in [5.74, 6) is -1.32. The predicted molar refractivity (Wildman–Crippen MR) is 63.5 cm³/mol. The Labute approximate surface area is 106 Å². The van der Waals surface area contributed by atoms with Crippen molar-refractivity contribution in [3.05, 3.63) is 17.8 Å². The van der Waals surface area contributed by atoms with Crippen LogP contribution in [0.15, 0.2) is 17.2 Å². The largest absolute Gasteiger partial charge is 0.368 e. The molecule has 0 unspecified atom stereocenters. The number of pyridine rings is 1. The van der Waals surface area contributed by atoms with Crippen molar-refractivity contribution in [3.8, 4) is 0 Å². The molecule has 18 heavy (non-hydrogen) atoms. The maximum atomic E-state index is 11.6. The first-order chi connectivity index (χ1) is 8.47. The van der Waals surface area contributed by atoms with Gasteiger partial charge < -0.3 is 16.8 Å². The highest BCUT2D eigenvalue weighted by molar-refractivity contribution is 7.97. The molecule has 0 atom stereocenters. The van der Waals surface area contributed by atoms with Crippen LogP contribution in [0.25, 0.3) is 0 Å². The van der Waals surface area contributed by atoms with Crippen LogP contribution >= 0.6 is 11.9 Å². The van der Waals surface area contributed by atoms with Crippen LogP contribution in [0, 0.1) is 0 Å². The van der Waals surface area contributed by atoms with Gasteiger partial charge in [0.1, 0.15) is 17.3 Å². The van der Waals surface area contributed by atoms with Crippen LogP contribution in [0.2, 0.25) is 0 Å². The average molecular weight is 267 g/mol. The standard InChI is InChI=1S/C9H9N5O3S/c10-6(15)3-14-9(17)13-5-2-1-4(7(11)16)12-8(5)18-14/h1-2H,3H2,(H2,10,15)(H2,11,16)(H,13,17). The van der Waals surface area contributed by atoms with Gasteiger partial charge in [-0.1, -0.05) is 0 Å². The fourth-order valence-electron chi connectivity index (χ4n) is 1.31. The second kappa shape index (κ2) is 4.53. The molecule has 0 aromatic carbocycles. The van der Waals surface area contributed by atoms with E-state index < -0.39 is 17.8 Å². The monoisotopic (exact) mass is 267 g/mol. The number of rotatable bonds is 3. The maximum Gasteiger partial charge on any atom is 0.332 e. The molecule has 0 saturated carbocycles. The molecule has 0 bridgehead atoms. The summed E-state index contributed by atoms with van der Waals surface area (Å²) in [4.78, 5) is 37.3. The van der Waals surface area contributed by atoms with E-state index in [9.17, 15) is 14.4 Å². The van der Waals surface area contributed by atoms with Gasteiger partial charge in [0, 0.05) is 11.9 Å². The lowest BCUT2D eigenvalue weighted by Crippen LogP contribution is -2.38. The average Bonchev–Trinajstić information content (AvgIpc) is 2.28. The number of aromatic nitrogens is 1. The second-order valence-corrected chi connectivity index (χ2v) is 4.45. The molecule has 2 rings (SSSR count). The Morgan fingerprint density at radius 1 is 1.39 bits per heavy atom.